The van der Waals surface area contributed by atoms with Crippen LogP contribution in [0, 0.1) is 0 Å². The van der Waals surface area contributed by atoms with Gasteiger partial charge in [0.05, 0.1) is 12.3 Å². The van der Waals surface area contributed by atoms with E-state index >= 15 is 0 Å². The highest BCUT2D eigenvalue weighted by Crippen LogP contribution is 2.17. The highest BCUT2D eigenvalue weighted by Gasteiger charge is 2.18. The maximum atomic E-state index is 6.08. The van der Waals surface area contributed by atoms with E-state index in [-0.39, 0.29) is 6.04 Å². The Bertz CT molecular complexity index is 305. The Labute approximate surface area is 90.4 Å². The fraction of sp³-hybridized carbons (Fsp3) is 0.727. The molecule has 1 saturated heterocycles. The molecule has 4 heteroatoms. The first-order chi connectivity index (χ1) is 7.24. The molecular weight excluding hydrogens is 190 g/mol. The van der Waals surface area contributed by atoms with Crippen LogP contribution in [0.2, 0.25) is 0 Å². The number of nitrogens with two attached hydrogens (primary N) is 1. The number of nitrogens with zero attached hydrogens (tertiary/aromatic N) is 2. The predicted molar refractivity (Wildman–Crippen MR) is 58.5 cm³/mol. The van der Waals surface area contributed by atoms with Gasteiger partial charge in [-0.1, -0.05) is 0 Å². The molecular formula is C11H19N3O. The standard InChI is InChI=1S/C11H19N3O/c1-14-8-9(7-13-14)5-10(12)6-11-3-2-4-15-11/h7-8,10-11H,2-6,12H2,1H3. The lowest BCUT2D eigenvalue weighted by Crippen LogP contribution is -2.27. The van der Waals surface area contributed by atoms with Gasteiger partial charge in [0, 0.05) is 25.9 Å². The summed E-state index contributed by atoms with van der Waals surface area (Å²) in [5.74, 6) is 0. The Hall–Kier alpha value is -0.870. The van der Waals surface area contributed by atoms with E-state index in [4.69, 9.17) is 10.5 Å². The first-order valence-electron chi connectivity index (χ1n) is 5.59. The molecule has 1 aliphatic heterocycles. The molecule has 0 spiro atoms. The van der Waals surface area contributed by atoms with E-state index in [2.05, 4.69) is 5.10 Å². The van der Waals surface area contributed by atoms with E-state index in [0.29, 0.717) is 6.10 Å². The Morgan fingerprint density at radius 2 is 2.60 bits per heavy atom. The average molecular weight is 209 g/mol. The minimum Gasteiger partial charge on any atom is -0.378 e. The van der Waals surface area contributed by atoms with Crippen LogP contribution in [-0.4, -0.2) is 28.5 Å². The molecule has 2 unspecified atom stereocenters. The maximum Gasteiger partial charge on any atom is 0.0590 e. The summed E-state index contributed by atoms with van der Waals surface area (Å²) in [6.07, 6.45) is 8.51. The van der Waals surface area contributed by atoms with Crippen LogP contribution in [0.25, 0.3) is 0 Å². The molecule has 1 fully saturated rings. The number of aromatic nitrogens is 2. The predicted octanol–water partition coefficient (Wildman–Crippen LogP) is 0.859. The minimum absolute atomic E-state index is 0.192. The van der Waals surface area contributed by atoms with Crippen molar-refractivity contribution in [3.8, 4) is 0 Å². The second kappa shape index (κ2) is 4.77. The summed E-state index contributed by atoms with van der Waals surface area (Å²) in [7, 11) is 1.93. The third kappa shape index (κ3) is 3.04. The van der Waals surface area contributed by atoms with Crippen LogP contribution in [0.1, 0.15) is 24.8 Å². The second-order valence-electron chi connectivity index (χ2n) is 4.36. The zero-order valence-electron chi connectivity index (χ0n) is 9.22. The van der Waals surface area contributed by atoms with Gasteiger partial charge in [-0.2, -0.15) is 5.10 Å². The van der Waals surface area contributed by atoms with Crippen molar-refractivity contribution in [1.82, 2.24) is 9.78 Å². The summed E-state index contributed by atoms with van der Waals surface area (Å²) in [5, 5.41) is 4.13. The fourth-order valence-corrected chi connectivity index (χ4v) is 2.13. The van der Waals surface area contributed by atoms with Crippen LogP contribution >= 0.6 is 0 Å². The molecule has 4 nitrogen and oxygen atoms in total. The lowest BCUT2D eigenvalue weighted by molar-refractivity contribution is 0.0983. The largest absolute Gasteiger partial charge is 0.378 e. The van der Waals surface area contributed by atoms with Crippen molar-refractivity contribution in [2.24, 2.45) is 12.8 Å². The number of hydrogen-bond donors (Lipinski definition) is 1. The zero-order valence-corrected chi connectivity index (χ0v) is 9.22. The molecule has 1 aromatic heterocycles. The second-order valence-corrected chi connectivity index (χ2v) is 4.36. The van der Waals surface area contributed by atoms with Crippen molar-refractivity contribution in [2.45, 2.75) is 37.8 Å². The highest BCUT2D eigenvalue weighted by atomic mass is 16.5. The summed E-state index contributed by atoms with van der Waals surface area (Å²) < 4.78 is 7.38. The Morgan fingerprint density at radius 3 is 3.20 bits per heavy atom. The van der Waals surface area contributed by atoms with Crippen LogP contribution < -0.4 is 5.73 Å². The van der Waals surface area contributed by atoms with E-state index in [9.17, 15) is 0 Å². The van der Waals surface area contributed by atoms with Crippen LogP contribution in [-0.2, 0) is 18.2 Å². The molecule has 2 atom stereocenters. The molecule has 84 valence electrons. The molecule has 0 bridgehead atoms. The molecule has 0 aliphatic carbocycles. The number of aryl methyl sites for hydroxylation is 1. The van der Waals surface area contributed by atoms with Crippen LogP contribution in [0.4, 0.5) is 0 Å². The zero-order chi connectivity index (χ0) is 10.7. The summed E-state index contributed by atoms with van der Waals surface area (Å²) in [4.78, 5) is 0. The summed E-state index contributed by atoms with van der Waals surface area (Å²) in [6.45, 7) is 0.907. The summed E-state index contributed by atoms with van der Waals surface area (Å²) in [5.41, 5.74) is 7.29. The smallest absolute Gasteiger partial charge is 0.0590 e. The molecule has 0 aromatic carbocycles. The molecule has 2 N–H and O–H groups in total. The van der Waals surface area contributed by atoms with Crippen molar-refractivity contribution < 1.29 is 4.74 Å². The lowest BCUT2D eigenvalue weighted by atomic mass is 10.0. The molecule has 0 radical (unpaired) electrons. The van der Waals surface area contributed by atoms with Gasteiger partial charge in [0.25, 0.3) is 0 Å². The Morgan fingerprint density at radius 1 is 1.73 bits per heavy atom. The first-order valence-corrected chi connectivity index (χ1v) is 5.59. The maximum absolute atomic E-state index is 6.08. The van der Waals surface area contributed by atoms with Crippen molar-refractivity contribution in [3.05, 3.63) is 18.0 Å². The van der Waals surface area contributed by atoms with Crippen molar-refractivity contribution in [3.63, 3.8) is 0 Å². The van der Waals surface area contributed by atoms with Gasteiger partial charge in [0.15, 0.2) is 0 Å². The van der Waals surface area contributed by atoms with Gasteiger partial charge in [-0.05, 0) is 31.2 Å². The van der Waals surface area contributed by atoms with Crippen molar-refractivity contribution >= 4 is 0 Å². The van der Waals surface area contributed by atoms with Crippen LogP contribution in [0.15, 0.2) is 12.4 Å². The Kier molecular flexibility index (Phi) is 3.38. The van der Waals surface area contributed by atoms with Crippen LogP contribution in [0.3, 0.4) is 0 Å². The van der Waals surface area contributed by atoms with Crippen molar-refractivity contribution in [1.29, 1.82) is 0 Å². The number of ether oxygens (including phenoxy) is 1. The van der Waals surface area contributed by atoms with E-state index in [1.54, 1.807) is 0 Å². The third-order valence-corrected chi connectivity index (χ3v) is 2.85. The number of rotatable bonds is 4. The van der Waals surface area contributed by atoms with Gasteiger partial charge >= 0.3 is 0 Å². The topological polar surface area (TPSA) is 53.1 Å². The quantitative estimate of drug-likeness (QED) is 0.800. The van der Waals surface area contributed by atoms with Gasteiger partial charge in [-0.25, -0.2) is 0 Å². The van der Waals surface area contributed by atoms with Gasteiger partial charge < -0.3 is 10.5 Å². The normalized spacial score (nSPS) is 23.2. The van der Waals surface area contributed by atoms with Crippen LogP contribution in [0.5, 0.6) is 0 Å². The summed E-state index contributed by atoms with van der Waals surface area (Å²) >= 11 is 0. The minimum atomic E-state index is 0.192. The van der Waals surface area contributed by atoms with E-state index in [1.165, 1.54) is 18.4 Å². The van der Waals surface area contributed by atoms with Gasteiger partial charge in [0.1, 0.15) is 0 Å². The SMILES string of the molecule is Cn1cc(CC(N)CC2CCCO2)cn1. The molecule has 1 aliphatic rings. The van der Waals surface area contributed by atoms with E-state index in [0.717, 1.165) is 19.4 Å². The molecule has 15 heavy (non-hydrogen) atoms. The number of hydrogen-bond acceptors (Lipinski definition) is 3. The molecule has 2 heterocycles. The van der Waals surface area contributed by atoms with Gasteiger partial charge in [-0.3, -0.25) is 4.68 Å². The van der Waals surface area contributed by atoms with E-state index in [1.807, 2.05) is 24.1 Å². The van der Waals surface area contributed by atoms with Gasteiger partial charge in [-0.15, -0.1) is 0 Å². The molecule has 1 aromatic rings. The molecule has 0 amide bonds. The summed E-state index contributed by atoms with van der Waals surface area (Å²) in [6, 6.07) is 0.192. The van der Waals surface area contributed by atoms with Crippen molar-refractivity contribution in [2.75, 3.05) is 6.61 Å². The third-order valence-electron chi connectivity index (χ3n) is 2.85. The monoisotopic (exact) mass is 209 g/mol. The molecule has 2 rings (SSSR count). The first kappa shape index (κ1) is 10.6. The molecule has 0 saturated carbocycles. The highest BCUT2D eigenvalue weighted by molar-refractivity contribution is 5.05. The van der Waals surface area contributed by atoms with Gasteiger partial charge in [0.2, 0.25) is 0 Å². The lowest BCUT2D eigenvalue weighted by Gasteiger charge is -2.15. The van der Waals surface area contributed by atoms with E-state index < -0.39 is 0 Å². The average Bonchev–Trinajstić information content (AvgIpc) is 2.77. The fourth-order valence-electron chi connectivity index (χ4n) is 2.13. The Balaban J connectivity index is 1.78.